The molecule has 1 heterocycles. The molecule has 92 valence electrons. The SMILES string of the molecule is COc1cccc(S/C=C/c2ncccc2F)c1. The number of aromatic nitrogens is 1. The Bertz CT molecular complexity index is 557. The van der Waals surface area contributed by atoms with Crippen LogP contribution in [0.5, 0.6) is 5.75 Å². The van der Waals surface area contributed by atoms with Crippen molar-refractivity contribution in [2.45, 2.75) is 4.90 Å². The molecule has 1 aromatic carbocycles. The molecule has 0 unspecified atom stereocenters. The van der Waals surface area contributed by atoms with E-state index < -0.39 is 0 Å². The van der Waals surface area contributed by atoms with E-state index in [1.54, 1.807) is 30.9 Å². The highest BCUT2D eigenvalue weighted by molar-refractivity contribution is 8.02. The van der Waals surface area contributed by atoms with Gasteiger partial charge < -0.3 is 4.74 Å². The number of thioether (sulfide) groups is 1. The van der Waals surface area contributed by atoms with Crippen molar-refractivity contribution < 1.29 is 9.13 Å². The molecule has 0 aliphatic heterocycles. The second-order valence-electron chi connectivity index (χ2n) is 3.47. The minimum Gasteiger partial charge on any atom is -0.497 e. The lowest BCUT2D eigenvalue weighted by Gasteiger charge is -2.01. The van der Waals surface area contributed by atoms with Crippen molar-refractivity contribution in [3.05, 3.63) is 59.5 Å². The molecule has 0 N–H and O–H groups in total. The summed E-state index contributed by atoms with van der Waals surface area (Å²) in [6.45, 7) is 0. The largest absolute Gasteiger partial charge is 0.497 e. The minimum atomic E-state index is -0.319. The molecule has 2 aromatic rings. The van der Waals surface area contributed by atoms with Gasteiger partial charge in [-0.05, 0) is 41.8 Å². The highest BCUT2D eigenvalue weighted by Crippen LogP contribution is 2.24. The summed E-state index contributed by atoms with van der Waals surface area (Å²) in [5, 5.41) is 1.81. The first-order chi connectivity index (χ1) is 8.79. The smallest absolute Gasteiger partial charge is 0.148 e. The van der Waals surface area contributed by atoms with Crippen LogP contribution in [0.1, 0.15) is 5.69 Å². The number of halogens is 1. The maximum Gasteiger partial charge on any atom is 0.148 e. The Morgan fingerprint density at radius 1 is 1.28 bits per heavy atom. The van der Waals surface area contributed by atoms with Gasteiger partial charge in [0.25, 0.3) is 0 Å². The Morgan fingerprint density at radius 3 is 2.94 bits per heavy atom. The van der Waals surface area contributed by atoms with Gasteiger partial charge in [0, 0.05) is 11.1 Å². The van der Waals surface area contributed by atoms with Crippen molar-refractivity contribution in [3.8, 4) is 5.75 Å². The first-order valence-electron chi connectivity index (χ1n) is 5.37. The van der Waals surface area contributed by atoms with Crippen LogP contribution >= 0.6 is 11.8 Å². The van der Waals surface area contributed by atoms with Crippen LogP contribution in [0.4, 0.5) is 4.39 Å². The number of methoxy groups -OCH3 is 1. The van der Waals surface area contributed by atoms with Crippen LogP contribution in [0.25, 0.3) is 6.08 Å². The van der Waals surface area contributed by atoms with Crippen LogP contribution in [-0.2, 0) is 0 Å². The zero-order chi connectivity index (χ0) is 12.8. The molecule has 0 aliphatic rings. The van der Waals surface area contributed by atoms with Crippen LogP contribution < -0.4 is 4.74 Å². The number of ether oxygens (including phenoxy) is 1. The number of hydrogen-bond acceptors (Lipinski definition) is 3. The van der Waals surface area contributed by atoms with E-state index in [2.05, 4.69) is 4.98 Å². The molecule has 0 amide bonds. The molecule has 2 rings (SSSR count). The van der Waals surface area contributed by atoms with E-state index in [1.165, 1.54) is 17.8 Å². The summed E-state index contributed by atoms with van der Waals surface area (Å²) in [6.07, 6.45) is 3.22. The minimum absolute atomic E-state index is 0.319. The summed E-state index contributed by atoms with van der Waals surface area (Å²) in [7, 11) is 1.63. The molecule has 0 saturated heterocycles. The molecule has 2 nitrogen and oxygen atoms in total. The number of benzene rings is 1. The maximum absolute atomic E-state index is 13.3. The van der Waals surface area contributed by atoms with E-state index in [0.29, 0.717) is 5.69 Å². The Labute approximate surface area is 110 Å². The molecule has 18 heavy (non-hydrogen) atoms. The lowest BCUT2D eigenvalue weighted by atomic mass is 10.3. The summed E-state index contributed by atoms with van der Waals surface area (Å²) in [5.74, 6) is 0.484. The van der Waals surface area contributed by atoms with Crippen molar-refractivity contribution >= 4 is 17.8 Å². The Balaban J connectivity index is 2.05. The van der Waals surface area contributed by atoms with E-state index >= 15 is 0 Å². The molecule has 0 bridgehead atoms. The van der Waals surface area contributed by atoms with E-state index in [1.807, 2.05) is 24.3 Å². The van der Waals surface area contributed by atoms with Crippen molar-refractivity contribution in [1.29, 1.82) is 0 Å². The summed E-state index contributed by atoms with van der Waals surface area (Å²) in [6, 6.07) is 10.6. The van der Waals surface area contributed by atoms with Crippen LogP contribution in [0.15, 0.2) is 52.9 Å². The van der Waals surface area contributed by atoms with Gasteiger partial charge in [-0.25, -0.2) is 4.39 Å². The third-order valence-corrected chi connectivity index (χ3v) is 3.06. The normalized spacial score (nSPS) is 10.8. The number of hydrogen-bond donors (Lipinski definition) is 0. The van der Waals surface area contributed by atoms with E-state index in [4.69, 9.17) is 4.74 Å². The summed E-state index contributed by atoms with van der Waals surface area (Å²) < 4.78 is 18.4. The zero-order valence-electron chi connectivity index (χ0n) is 9.84. The molecule has 0 aliphatic carbocycles. The fourth-order valence-corrected chi connectivity index (χ4v) is 2.07. The molecule has 0 fully saturated rings. The van der Waals surface area contributed by atoms with Gasteiger partial charge in [-0.3, -0.25) is 4.98 Å². The summed E-state index contributed by atoms with van der Waals surface area (Å²) in [4.78, 5) is 4.97. The van der Waals surface area contributed by atoms with Crippen LogP contribution in [0.2, 0.25) is 0 Å². The van der Waals surface area contributed by atoms with Crippen LogP contribution in [0, 0.1) is 5.82 Å². The van der Waals surface area contributed by atoms with Crippen LogP contribution in [-0.4, -0.2) is 12.1 Å². The lowest BCUT2D eigenvalue weighted by molar-refractivity contribution is 0.413. The maximum atomic E-state index is 13.3. The highest BCUT2D eigenvalue weighted by atomic mass is 32.2. The predicted octanol–water partition coefficient (Wildman–Crippen LogP) is 3.99. The second-order valence-corrected chi connectivity index (χ2v) is 4.45. The monoisotopic (exact) mass is 261 g/mol. The van der Waals surface area contributed by atoms with Crippen molar-refractivity contribution in [1.82, 2.24) is 4.98 Å². The zero-order valence-corrected chi connectivity index (χ0v) is 10.7. The van der Waals surface area contributed by atoms with Gasteiger partial charge in [0.15, 0.2) is 0 Å². The standard InChI is InChI=1S/C14H12FNOS/c1-17-11-4-2-5-12(10-11)18-9-7-14-13(15)6-3-8-16-14/h2-10H,1H3/b9-7+. The Hall–Kier alpha value is -1.81. The van der Waals surface area contributed by atoms with Crippen LogP contribution in [0.3, 0.4) is 0 Å². The quantitative estimate of drug-likeness (QED) is 0.777. The first-order valence-corrected chi connectivity index (χ1v) is 6.25. The predicted molar refractivity (Wildman–Crippen MR) is 72.1 cm³/mol. The van der Waals surface area contributed by atoms with Gasteiger partial charge in [0.05, 0.1) is 12.8 Å². The fourth-order valence-electron chi connectivity index (χ4n) is 1.37. The van der Waals surface area contributed by atoms with Crippen molar-refractivity contribution in [2.24, 2.45) is 0 Å². The van der Waals surface area contributed by atoms with Crippen molar-refractivity contribution in [3.63, 3.8) is 0 Å². The van der Waals surface area contributed by atoms with E-state index in [0.717, 1.165) is 10.6 Å². The van der Waals surface area contributed by atoms with Crippen molar-refractivity contribution in [2.75, 3.05) is 7.11 Å². The van der Waals surface area contributed by atoms with Gasteiger partial charge in [-0.2, -0.15) is 0 Å². The number of pyridine rings is 1. The lowest BCUT2D eigenvalue weighted by Crippen LogP contribution is -1.84. The number of rotatable bonds is 4. The van der Waals surface area contributed by atoms with Gasteiger partial charge in [-0.1, -0.05) is 17.8 Å². The molecule has 4 heteroatoms. The highest BCUT2D eigenvalue weighted by Gasteiger charge is 1.97. The molecule has 1 aromatic heterocycles. The average molecular weight is 261 g/mol. The average Bonchev–Trinajstić information content (AvgIpc) is 2.41. The third-order valence-electron chi connectivity index (χ3n) is 2.26. The van der Waals surface area contributed by atoms with E-state index in [-0.39, 0.29) is 5.82 Å². The second kappa shape index (κ2) is 6.21. The molecule has 0 spiro atoms. The van der Waals surface area contributed by atoms with E-state index in [9.17, 15) is 4.39 Å². The molecule has 0 saturated carbocycles. The first kappa shape index (κ1) is 12.6. The van der Waals surface area contributed by atoms with Gasteiger partial charge in [0.2, 0.25) is 0 Å². The molecule has 0 radical (unpaired) electrons. The molecular weight excluding hydrogens is 249 g/mol. The fraction of sp³-hybridized carbons (Fsp3) is 0.0714. The summed E-state index contributed by atoms with van der Waals surface area (Å²) >= 11 is 1.49. The summed E-state index contributed by atoms with van der Waals surface area (Å²) in [5.41, 5.74) is 0.341. The number of nitrogens with zero attached hydrogens (tertiary/aromatic N) is 1. The van der Waals surface area contributed by atoms with Gasteiger partial charge >= 0.3 is 0 Å². The Kier molecular flexibility index (Phi) is 4.36. The van der Waals surface area contributed by atoms with Gasteiger partial charge in [-0.15, -0.1) is 0 Å². The van der Waals surface area contributed by atoms with Gasteiger partial charge in [0.1, 0.15) is 11.6 Å². The third kappa shape index (κ3) is 3.34. The molecular formula is C14H12FNOS. The topological polar surface area (TPSA) is 22.1 Å². The Morgan fingerprint density at radius 2 is 2.17 bits per heavy atom. The molecule has 0 atom stereocenters.